The number of hydrogen-bond donors (Lipinski definition) is 2. The van der Waals surface area contributed by atoms with Crippen LogP contribution in [0.25, 0.3) is 0 Å². The third-order valence-corrected chi connectivity index (χ3v) is 2.74. The fourth-order valence-corrected chi connectivity index (χ4v) is 1.67. The number of hydrogen-bond acceptors (Lipinski definition) is 5. The molecule has 0 amide bonds. The quantitative estimate of drug-likeness (QED) is 0.269. The summed E-state index contributed by atoms with van der Waals surface area (Å²) in [6, 6.07) is 7.13. The molecule has 1 rings (SSSR count). The van der Waals surface area contributed by atoms with Crippen LogP contribution in [0.15, 0.2) is 29.4 Å². The molecule has 0 spiro atoms. The minimum atomic E-state index is -0.354. The monoisotopic (exact) mass is 239 g/mol. The first kappa shape index (κ1) is 12.4. The molecule has 0 heterocycles. The first-order valence-electron chi connectivity index (χ1n) is 4.50. The number of amidine groups is 1. The Hall–Kier alpha value is -1.69. The molecule has 0 atom stereocenters. The lowest BCUT2D eigenvalue weighted by Crippen LogP contribution is -2.09. The van der Waals surface area contributed by atoms with Gasteiger partial charge in [-0.25, -0.2) is 4.79 Å². The number of nitrogens with two attached hydrogens (primary N) is 2. The van der Waals surface area contributed by atoms with Crippen molar-refractivity contribution in [2.75, 3.05) is 7.11 Å². The molecule has 6 heteroatoms. The largest absolute Gasteiger partial charge is 0.465 e. The van der Waals surface area contributed by atoms with Crippen LogP contribution in [0.5, 0.6) is 0 Å². The molecular weight excluding hydrogens is 226 g/mol. The Morgan fingerprint density at radius 1 is 1.56 bits per heavy atom. The van der Waals surface area contributed by atoms with Crippen molar-refractivity contribution in [1.82, 2.24) is 0 Å². The van der Waals surface area contributed by atoms with E-state index in [1.54, 1.807) is 18.2 Å². The average Bonchev–Trinajstić information content (AvgIpc) is 2.35. The van der Waals surface area contributed by atoms with Crippen LogP contribution in [0.4, 0.5) is 0 Å². The smallest absolute Gasteiger partial charge is 0.337 e. The summed E-state index contributed by atoms with van der Waals surface area (Å²) in [5.41, 5.74) is 6.92. The highest BCUT2D eigenvalue weighted by Gasteiger charge is 2.05. The first-order chi connectivity index (χ1) is 7.67. The number of carbonyl (C=O) groups is 1. The topological polar surface area (TPSA) is 90.7 Å². The van der Waals surface area contributed by atoms with E-state index < -0.39 is 0 Å². The summed E-state index contributed by atoms with van der Waals surface area (Å²) in [5.74, 6) is 5.26. The Morgan fingerprint density at radius 2 is 2.31 bits per heavy atom. The zero-order chi connectivity index (χ0) is 12.0. The van der Waals surface area contributed by atoms with E-state index in [0.717, 1.165) is 5.56 Å². The molecule has 0 aliphatic rings. The molecule has 16 heavy (non-hydrogen) atoms. The van der Waals surface area contributed by atoms with Gasteiger partial charge in [-0.1, -0.05) is 23.9 Å². The van der Waals surface area contributed by atoms with Crippen LogP contribution in [0.1, 0.15) is 15.9 Å². The molecule has 0 fully saturated rings. The molecule has 0 bridgehead atoms. The standard InChI is InChI=1S/C10H13N3O2S/c1-15-9(14)8-4-2-3-7(5-8)6-16-10(11)13-12/h2-5H,6,12H2,1H3,(H2,11,13). The van der Waals surface area contributed by atoms with Crippen LogP contribution < -0.4 is 11.6 Å². The van der Waals surface area contributed by atoms with Gasteiger partial charge in [-0.2, -0.15) is 5.10 Å². The summed E-state index contributed by atoms with van der Waals surface area (Å²) >= 11 is 1.31. The number of nitrogens with zero attached hydrogens (tertiary/aromatic N) is 1. The molecule has 5 nitrogen and oxygen atoms in total. The van der Waals surface area contributed by atoms with Crippen molar-refractivity contribution < 1.29 is 9.53 Å². The number of methoxy groups -OCH3 is 1. The predicted octanol–water partition coefficient (Wildman–Crippen LogP) is 0.895. The van der Waals surface area contributed by atoms with Gasteiger partial charge in [0.05, 0.1) is 12.7 Å². The molecule has 0 saturated heterocycles. The number of thioether (sulfide) groups is 1. The molecule has 4 N–H and O–H groups in total. The Morgan fingerprint density at radius 3 is 2.94 bits per heavy atom. The van der Waals surface area contributed by atoms with Crippen LogP contribution in [0.2, 0.25) is 0 Å². The summed E-state index contributed by atoms with van der Waals surface area (Å²) in [7, 11) is 1.35. The van der Waals surface area contributed by atoms with E-state index in [1.165, 1.54) is 18.9 Å². The maximum absolute atomic E-state index is 11.3. The summed E-state index contributed by atoms with van der Waals surface area (Å²) in [6.07, 6.45) is 0. The zero-order valence-corrected chi connectivity index (χ0v) is 9.66. The number of esters is 1. The molecule has 0 aromatic heterocycles. The summed E-state index contributed by atoms with van der Waals surface area (Å²) in [5, 5.41) is 3.65. The lowest BCUT2D eigenvalue weighted by molar-refractivity contribution is 0.0600. The molecule has 0 aliphatic heterocycles. The molecular formula is C10H13N3O2S. The van der Waals surface area contributed by atoms with E-state index in [-0.39, 0.29) is 5.97 Å². The third-order valence-electron chi connectivity index (χ3n) is 1.86. The van der Waals surface area contributed by atoms with Gasteiger partial charge in [0.2, 0.25) is 0 Å². The molecule has 86 valence electrons. The lowest BCUT2D eigenvalue weighted by Gasteiger charge is -2.03. The van der Waals surface area contributed by atoms with Crippen LogP contribution in [0.3, 0.4) is 0 Å². The van der Waals surface area contributed by atoms with E-state index >= 15 is 0 Å². The van der Waals surface area contributed by atoms with Crippen molar-refractivity contribution in [2.45, 2.75) is 5.75 Å². The zero-order valence-electron chi connectivity index (χ0n) is 8.84. The number of hydrazone groups is 1. The number of benzene rings is 1. The van der Waals surface area contributed by atoms with Crippen molar-refractivity contribution in [3.05, 3.63) is 35.4 Å². The molecule has 0 radical (unpaired) electrons. The Labute approximate surface area is 97.8 Å². The van der Waals surface area contributed by atoms with Gasteiger partial charge in [-0.3, -0.25) is 0 Å². The van der Waals surface area contributed by atoms with E-state index in [9.17, 15) is 4.79 Å². The second-order valence-electron chi connectivity index (χ2n) is 2.95. The number of rotatable bonds is 3. The Bertz CT molecular complexity index is 407. The SMILES string of the molecule is COC(=O)c1cccc(CSC(N)=NN)c1. The van der Waals surface area contributed by atoms with Crippen LogP contribution in [0, 0.1) is 0 Å². The van der Waals surface area contributed by atoms with Gasteiger partial charge in [0.1, 0.15) is 0 Å². The van der Waals surface area contributed by atoms with E-state index in [1.807, 2.05) is 6.07 Å². The van der Waals surface area contributed by atoms with E-state index in [4.69, 9.17) is 11.6 Å². The van der Waals surface area contributed by atoms with Crippen molar-refractivity contribution in [2.24, 2.45) is 16.7 Å². The minimum Gasteiger partial charge on any atom is -0.465 e. The first-order valence-corrected chi connectivity index (χ1v) is 5.49. The Balaban J connectivity index is 2.71. The van der Waals surface area contributed by atoms with Gasteiger partial charge in [-0.05, 0) is 17.7 Å². The van der Waals surface area contributed by atoms with Crippen molar-refractivity contribution >= 4 is 22.9 Å². The predicted molar refractivity (Wildman–Crippen MR) is 64.9 cm³/mol. The summed E-state index contributed by atoms with van der Waals surface area (Å²) in [4.78, 5) is 11.3. The molecule has 0 unspecified atom stereocenters. The normalized spacial score (nSPS) is 11.2. The van der Waals surface area contributed by atoms with Crippen molar-refractivity contribution in [3.8, 4) is 0 Å². The van der Waals surface area contributed by atoms with Gasteiger partial charge in [-0.15, -0.1) is 0 Å². The van der Waals surface area contributed by atoms with E-state index in [0.29, 0.717) is 16.5 Å². The molecule has 0 aliphatic carbocycles. The van der Waals surface area contributed by atoms with Gasteiger partial charge >= 0.3 is 5.97 Å². The summed E-state index contributed by atoms with van der Waals surface area (Å²) in [6.45, 7) is 0. The highest BCUT2D eigenvalue weighted by atomic mass is 32.2. The minimum absolute atomic E-state index is 0.309. The fourth-order valence-electron chi connectivity index (χ4n) is 1.10. The molecule has 1 aromatic carbocycles. The maximum atomic E-state index is 11.3. The fraction of sp³-hybridized carbons (Fsp3) is 0.200. The van der Waals surface area contributed by atoms with Gasteiger partial charge in [0, 0.05) is 5.75 Å². The highest BCUT2D eigenvalue weighted by molar-refractivity contribution is 8.13. The van der Waals surface area contributed by atoms with Gasteiger partial charge in [0.25, 0.3) is 0 Å². The Kier molecular flexibility index (Phi) is 4.65. The van der Waals surface area contributed by atoms with Crippen LogP contribution >= 0.6 is 11.8 Å². The van der Waals surface area contributed by atoms with Gasteiger partial charge in [0.15, 0.2) is 5.17 Å². The highest BCUT2D eigenvalue weighted by Crippen LogP contribution is 2.14. The second kappa shape index (κ2) is 6.02. The third kappa shape index (κ3) is 3.47. The molecule has 0 saturated carbocycles. The van der Waals surface area contributed by atoms with Gasteiger partial charge < -0.3 is 16.3 Å². The van der Waals surface area contributed by atoms with Crippen LogP contribution in [-0.4, -0.2) is 18.2 Å². The van der Waals surface area contributed by atoms with E-state index in [2.05, 4.69) is 9.84 Å². The van der Waals surface area contributed by atoms with Crippen LogP contribution in [-0.2, 0) is 10.5 Å². The summed E-state index contributed by atoms with van der Waals surface area (Å²) < 4.78 is 4.62. The lowest BCUT2D eigenvalue weighted by atomic mass is 10.1. The second-order valence-corrected chi connectivity index (χ2v) is 3.94. The maximum Gasteiger partial charge on any atom is 0.337 e. The van der Waals surface area contributed by atoms with Crippen molar-refractivity contribution in [3.63, 3.8) is 0 Å². The molecule has 1 aromatic rings. The van der Waals surface area contributed by atoms with Crippen molar-refractivity contribution in [1.29, 1.82) is 0 Å². The average molecular weight is 239 g/mol. The number of ether oxygens (including phenoxy) is 1. The number of carbonyl (C=O) groups excluding carboxylic acids is 1.